The van der Waals surface area contributed by atoms with Crippen LogP contribution in [0.4, 0.5) is 0 Å². The molecule has 0 aliphatic heterocycles. The van der Waals surface area contributed by atoms with Gasteiger partial charge in [-0.05, 0) is 12.1 Å². The Morgan fingerprint density at radius 1 is 1.36 bits per heavy atom. The Kier molecular flexibility index (Phi) is 5.83. The molecule has 4 nitrogen and oxygen atoms in total. The largest absolute Gasteiger partial charge is 0.508 e. The molecule has 1 aromatic rings. The number of halogens is 1. The van der Waals surface area contributed by atoms with Gasteiger partial charge < -0.3 is 20.3 Å². The minimum Gasteiger partial charge on any atom is -0.508 e. The third-order valence-electron chi connectivity index (χ3n) is 1.52. The van der Waals surface area contributed by atoms with Crippen LogP contribution in [0.25, 0.3) is 0 Å². The Morgan fingerprint density at radius 3 is 2.64 bits per heavy atom. The van der Waals surface area contributed by atoms with Crippen molar-refractivity contribution in [2.75, 3.05) is 20.3 Å². The number of hydrogen-bond acceptors (Lipinski definition) is 4. The van der Waals surface area contributed by atoms with E-state index < -0.39 is 0 Å². The Balaban J connectivity index is 0.00000169. The fourth-order valence-corrected chi connectivity index (χ4v) is 0.944. The molecule has 1 aromatic carbocycles. The van der Waals surface area contributed by atoms with E-state index in [4.69, 9.17) is 20.3 Å². The van der Waals surface area contributed by atoms with Crippen molar-refractivity contribution < 1.29 is 14.6 Å². The minimum absolute atomic E-state index is 0. The van der Waals surface area contributed by atoms with Gasteiger partial charge >= 0.3 is 0 Å². The molecule has 3 N–H and O–H groups in total. The summed E-state index contributed by atoms with van der Waals surface area (Å²) in [5.74, 6) is 1.25. The molecule has 1 rings (SSSR count). The molecule has 0 amide bonds. The van der Waals surface area contributed by atoms with Gasteiger partial charge in [-0.3, -0.25) is 0 Å². The lowest BCUT2D eigenvalue weighted by molar-refractivity contribution is 0.301. The van der Waals surface area contributed by atoms with Crippen LogP contribution in [0, 0.1) is 0 Å². The zero-order valence-corrected chi connectivity index (χ0v) is 8.71. The summed E-state index contributed by atoms with van der Waals surface area (Å²) in [6, 6.07) is 4.67. The summed E-state index contributed by atoms with van der Waals surface area (Å²) in [5.41, 5.74) is 5.28. The van der Waals surface area contributed by atoms with Crippen LogP contribution in [-0.4, -0.2) is 25.4 Å². The van der Waals surface area contributed by atoms with Crippen molar-refractivity contribution in [2.24, 2.45) is 5.73 Å². The SMILES string of the molecule is COc1cc(O)ccc1OCCN.Cl. The van der Waals surface area contributed by atoms with Crippen molar-refractivity contribution in [3.05, 3.63) is 18.2 Å². The Bertz CT molecular complexity index is 281. The summed E-state index contributed by atoms with van der Waals surface area (Å²) in [4.78, 5) is 0. The number of aromatic hydroxyl groups is 1. The maximum absolute atomic E-state index is 9.13. The monoisotopic (exact) mass is 219 g/mol. The predicted molar refractivity (Wildman–Crippen MR) is 56.5 cm³/mol. The lowest BCUT2D eigenvalue weighted by atomic mass is 10.3. The fraction of sp³-hybridized carbons (Fsp3) is 0.333. The molecule has 80 valence electrons. The second kappa shape index (κ2) is 6.34. The van der Waals surface area contributed by atoms with Gasteiger partial charge in [-0.15, -0.1) is 12.4 Å². The molecule has 0 spiro atoms. The molecule has 0 bridgehead atoms. The normalized spacial score (nSPS) is 9.00. The second-order valence-corrected chi connectivity index (χ2v) is 2.47. The fourth-order valence-electron chi connectivity index (χ4n) is 0.944. The zero-order valence-electron chi connectivity index (χ0n) is 7.90. The van der Waals surface area contributed by atoms with E-state index in [0.29, 0.717) is 24.7 Å². The van der Waals surface area contributed by atoms with E-state index in [-0.39, 0.29) is 18.2 Å². The lowest BCUT2D eigenvalue weighted by Gasteiger charge is -2.09. The van der Waals surface area contributed by atoms with Crippen LogP contribution < -0.4 is 15.2 Å². The summed E-state index contributed by atoms with van der Waals surface area (Å²) in [5, 5.41) is 9.13. The quantitative estimate of drug-likeness (QED) is 0.798. The van der Waals surface area contributed by atoms with Gasteiger partial charge in [0.1, 0.15) is 12.4 Å². The van der Waals surface area contributed by atoms with Gasteiger partial charge in [-0.1, -0.05) is 0 Å². The van der Waals surface area contributed by atoms with Gasteiger partial charge in [0.05, 0.1) is 7.11 Å². The zero-order chi connectivity index (χ0) is 9.68. The lowest BCUT2D eigenvalue weighted by Crippen LogP contribution is -2.10. The molecule has 0 radical (unpaired) electrons. The van der Waals surface area contributed by atoms with Crippen molar-refractivity contribution in [3.63, 3.8) is 0 Å². The number of phenolic OH excluding ortho intramolecular Hbond substituents is 1. The first-order chi connectivity index (χ1) is 6.27. The highest BCUT2D eigenvalue weighted by atomic mass is 35.5. The van der Waals surface area contributed by atoms with Gasteiger partial charge in [0.15, 0.2) is 11.5 Å². The molecule has 0 atom stereocenters. The Labute approximate surface area is 89.0 Å². The van der Waals surface area contributed by atoms with Crippen LogP contribution in [0.5, 0.6) is 17.2 Å². The number of benzene rings is 1. The molecule has 5 heteroatoms. The number of ether oxygens (including phenoxy) is 2. The first-order valence-corrected chi connectivity index (χ1v) is 3.98. The van der Waals surface area contributed by atoms with Gasteiger partial charge in [-0.25, -0.2) is 0 Å². The summed E-state index contributed by atoms with van der Waals surface area (Å²) >= 11 is 0. The van der Waals surface area contributed by atoms with E-state index in [2.05, 4.69) is 0 Å². The molecule has 14 heavy (non-hydrogen) atoms. The van der Waals surface area contributed by atoms with Gasteiger partial charge in [0.2, 0.25) is 0 Å². The smallest absolute Gasteiger partial charge is 0.164 e. The van der Waals surface area contributed by atoms with E-state index in [1.54, 1.807) is 6.07 Å². The number of hydrogen-bond donors (Lipinski definition) is 2. The van der Waals surface area contributed by atoms with E-state index >= 15 is 0 Å². The van der Waals surface area contributed by atoms with E-state index in [9.17, 15) is 0 Å². The van der Waals surface area contributed by atoms with Crippen molar-refractivity contribution in [1.82, 2.24) is 0 Å². The van der Waals surface area contributed by atoms with E-state index in [1.807, 2.05) is 0 Å². The second-order valence-electron chi connectivity index (χ2n) is 2.47. The van der Waals surface area contributed by atoms with Crippen LogP contribution in [0.3, 0.4) is 0 Å². The molecule has 0 aliphatic carbocycles. The van der Waals surface area contributed by atoms with Crippen molar-refractivity contribution >= 4 is 12.4 Å². The topological polar surface area (TPSA) is 64.7 Å². The Hall–Kier alpha value is -1.13. The molecule has 0 saturated carbocycles. The highest BCUT2D eigenvalue weighted by Gasteiger charge is 2.03. The van der Waals surface area contributed by atoms with Crippen molar-refractivity contribution in [2.45, 2.75) is 0 Å². The molecule has 0 aromatic heterocycles. The molecule has 0 unspecified atom stereocenters. The summed E-state index contributed by atoms with van der Waals surface area (Å²) in [6.45, 7) is 0.880. The molecule has 0 heterocycles. The maximum atomic E-state index is 9.13. The van der Waals surface area contributed by atoms with Gasteiger partial charge in [-0.2, -0.15) is 0 Å². The highest BCUT2D eigenvalue weighted by molar-refractivity contribution is 5.85. The molecular formula is C9H14ClNO3. The molecule has 0 fully saturated rings. The molecule has 0 saturated heterocycles. The Morgan fingerprint density at radius 2 is 2.07 bits per heavy atom. The standard InChI is InChI=1S/C9H13NO3.ClH/c1-12-9-6-7(11)2-3-8(9)13-5-4-10;/h2-3,6,11H,4-5,10H2,1H3;1H. The average Bonchev–Trinajstić information content (AvgIpc) is 2.16. The number of nitrogens with two attached hydrogens (primary N) is 1. The van der Waals surface area contributed by atoms with Crippen molar-refractivity contribution in [3.8, 4) is 17.2 Å². The minimum atomic E-state index is 0. The summed E-state index contributed by atoms with van der Waals surface area (Å²) in [7, 11) is 1.52. The van der Waals surface area contributed by atoms with Gasteiger partial charge in [0, 0.05) is 12.6 Å². The third kappa shape index (κ3) is 3.32. The number of rotatable bonds is 4. The highest BCUT2D eigenvalue weighted by Crippen LogP contribution is 2.30. The molecular weight excluding hydrogens is 206 g/mol. The average molecular weight is 220 g/mol. The number of phenols is 1. The van der Waals surface area contributed by atoms with Crippen LogP contribution in [0.2, 0.25) is 0 Å². The molecule has 0 aliphatic rings. The van der Waals surface area contributed by atoms with Crippen molar-refractivity contribution in [1.29, 1.82) is 0 Å². The van der Waals surface area contributed by atoms with E-state index in [0.717, 1.165) is 0 Å². The third-order valence-corrected chi connectivity index (χ3v) is 1.52. The van der Waals surface area contributed by atoms with E-state index in [1.165, 1.54) is 19.2 Å². The van der Waals surface area contributed by atoms with Crippen LogP contribution in [0.15, 0.2) is 18.2 Å². The van der Waals surface area contributed by atoms with Crippen LogP contribution in [0.1, 0.15) is 0 Å². The van der Waals surface area contributed by atoms with Crippen LogP contribution in [-0.2, 0) is 0 Å². The van der Waals surface area contributed by atoms with Gasteiger partial charge in [0.25, 0.3) is 0 Å². The first-order valence-electron chi connectivity index (χ1n) is 3.98. The number of methoxy groups -OCH3 is 1. The summed E-state index contributed by atoms with van der Waals surface area (Å²) < 4.78 is 10.3. The predicted octanol–water partition coefficient (Wildman–Crippen LogP) is 1.16. The van der Waals surface area contributed by atoms with Crippen LogP contribution >= 0.6 is 12.4 Å². The maximum Gasteiger partial charge on any atom is 0.164 e. The summed E-state index contributed by atoms with van der Waals surface area (Å²) in [6.07, 6.45) is 0. The first kappa shape index (κ1) is 12.9.